The molecule has 0 unspecified atom stereocenters. The van der Waals surface area contributed by atoms with E-state index in [-0.39, 0.29) is 5.41 Å². The lowest BCUT2D eigenvalue weighted by Crippen LogP contribution is -2.44. The third kappa shape index (κ3) is 3.06. The van der Waals surface area contributed by atoms with Crippen molar-refractivity contribution in [3.8, 4) is 0 Å². The van der Waals surface area contributed by atoms with E-state index in [1.54, 1.807) is 0 Å². The first kappa shape index (κ1) is 13.4. The van der Waals surface area contributed by atoms with Gasteiger partial charge in [-0.1, -0.05) is 6.92 Å². The van der Waals surface area contributed by atoms with E-state index < -0.39 is 0 Å². The van der Waals surface area contributed by atoms with E-state index in [2.05, 4.69) is 21.8 Å². The summed E-state index contributed by atoms with van der Waals surface area (Å²) in [7, 11) is 0. The number of rotatable bonds is 4. The van der Waals surface area contributed by atoms with Crippen molar-refractivity contribution >= 4 is 0 Å². The van der Waals surface area contributed by atoms with E-state index in [4.69, 9.17) is 0 Å². The first-order valence-corrected chi connectivity index (χ1v) is 6.78. The Hall–Kier alpha value is -1.00. The van der Waals surface area contributed by atoms with Crippen LogP contribution in [0.5, 0.6) is 0 Å². The van der Waals surface area contributed by atoms with Crippen molar-refractivity contribution in [1.82, 2.24) is 14.9 Å². The number of piperidine rings is 1. The molecule has 0 spiro atoms. The third-order valence-corrected chi connectivity index (χ3v) is 4.05. The zero-order valence-electron chi connectivity index (χ0n) is 11.4. The number of aliphatic hydroxyl groups is 1. The number of likely N-dealkylation sites (tertiary alicyclic amines) is 1. The van der Waals surface area contributed by atoms with Gasteiger partial charge in [-0.05, 0) is 32.7 Å². The molecule has 1 aliphatic heterocycles. The van der Waals surface area contributed by atoms with E-state index in [0.29, 0.717) is 6.61 Å². The number of hydrogen-bond donors (Lipinski definition) is 1. The number of aliphatic hydroxyl groups excluding tert-OH is 1. The number of hydrogen-bond acceptors (Lipinski definition) is 4. The highest BCUT2D eigenvalue weighted by molar-refractivity contribution is 5.01. The summed E-state index contributed by atoms with van der Waals surface area (Å²) in [5.41, 5.74) is 2.07. The molecule has 0 aromatic carbocycles. The smallest absolute Gasteiger partial charge is 0.0727 e. The van der Waals surface area contributed by atoms with Gasteiger partial charge in [0.05, 0.1) is 11.4 Å². The molecule has 0 amide bonds. The molecule has 4 nitrogen and oxygen atoms in total. The second-order valence-electron chi connectivity index (χ2n) is 5.47. The SMILES string of the molecule is CC[C@@]1(CO)CCCN(Cc2cnc(C)cn2)C1. The van der Waals surface area contributed by atoms with Crippen LogP contribution in [0.15, 0.2) is 12.4 Å². The minimum Gasteiger partial charge on any atom is -0.396 e. The minimum atomic E-state index is 0.0936. The summed E-state index contributed by atoms with van der Waals surface area (Å²) < 4.78 is 0. The van der Waals surface area contributed by atoms with Crippen molar-refractivity contribution in [2.24, 2.45) is 5.41 Å². The molecule has 0 aliphatic carbocycles. The second-order valence-corrected chi connectivity index (χ2v) is 5.47. The Balaban J connectivity index is 1.99. The molecule has 1 aliphatic rings. The molecule has 2 rings (SSSR count). The maximum atomic E-state index is 9.61. The molecule has 1 aromatic rings. The first-order valence-electron chi connectivity index (χ1n) is 6.78. The fourth-order valence-electron chi connectivity index (χ4n) is 2.70. The quantitative estimate of drug-likeness (QED) is 0.883. The molecule has 1 atom stereocenters. The van der Waals surface area contributed by atoms with Gasteiger partial charge in [0.15, 0.2) is 0 Å². The van der Waals surface area contributed by atoms with E-state index in [9.17, 15) is 5.11 Å². The lowest BCUT2D eigenvalue weighted by Gasteiger charge is -2.41. The Labute approximate surface area is 109 Å². The third-order valence-electron chi connectivity index (χ3n) is 4.05. The van der Waals surface area contributed by atoms with Crippen LogP contribution in [-0.2, 0) is 6.54 Å². The van der Waals surface area contributed by atoms with Crippen molar-refractivity contribution in [2.45, 2.75) is 39.7 Å². The van der Waals surface area contributed by atoms with E-state index in [0.717, 1.165) is 50.3 Å². The van der Waals surface area contributed by atoms with E-state index >= 15 is 0 Å². The summed E-state index contributed by atoms with van der Waals surface area (Å²) in [4.78, 5) is 11.1. The second kappa shape index (κ2) is 5.76. The Morgan fingerprint density at radius 2 is 2.22 bits per heavy atom. The minimum absolute atomic E-state index is 0.0936. The molecule has 18 heavy (non-hydrogen) atoms. The highest BCUT2D eigenvalue weighted by Crippen LogP contribution is 2.33. The fourth-order valence-corrected chi connectivity index (χ4v) is 2.70. The Morgan fingerprint density at radius 3 is 2.83 bits per heavy atom. The first-order chi connectivity index (χ1) is 8.67. The highest BCUT2D eigenvalue weighted by atomic mass is 16.3. The van der Waals surface area contributed by atoms with Crippen LogP contribution < -0.4 is 0 Å². The molecule has 0 radical (unpaired) electrons. The Morgan fingerprint density at radius 1 is 1.39 bits per heavy atom. The van der Waals surface area contributed by atoms with Crippen LogP contribution in [0.4, 0.5) is 0 Å². The molecular formula is C14H23N3O. The molecule has 4 heteroatoms. The Bertz CT molecular complexity index is 373. The van der Waals surface area contributed by atoms with Gasteiger partial charge in [0, 0.05) is 37.5 Å². The maximum absolute atomic E-state index is 9.61. The molecule has 1 fully saturated rings. The molecule has 100 valence electrons. The summed E-state index contributed by atoms with van der Waals surface area (Å²) in [5.74, 6) is 0. The summed E-state index contributed by atoms with van der Waals surface area (Å²) in [6.07, 6.45) is 7.01. The van der Waals surface area contributed by atoms with Gasteiger partial charge in [-0.2, -0.15) is 0 Å². The van der Waals surface area contributed by atoms with Crippen molar-refractivity contribution < 1.29 is 5.11 Å². The van der Waals surface area contributed by atoms with Gasteiger partial charge in [0.1, 0.15) is 0 Å². The van der Waals surface area contributed by atoms with E-state index in [1.807, 2.05) is 19.3 Å². The lowest BCUT2D eigenvalue weighted by molar-refractivity contribution is 0.0253. The van der Waals surface area contributed by atoms with Crippen molar-refractivity contribution in [3.63, 3.8) is 0 Å². The molecule has 1 aromatic heterocycles. The largest absolute Gasteiger partial charge is 0.396 e. The van der Waals surface area contributed by atoms with Crippen LogP contribution in [0.3, 0.4) is 0 Å². The Kier molecular flexibility index (Phi) is 4.30. The standard InChI is InChI=1S/C14H23N3O/c1-3-14(11-18)5-4-6-17(10-14)9-13-8-15-12(2)7-16-13/h7-8,18H,3-6,9-11H2,1-2H3/t14-/m1/s1. The molecule has 2 heterocycles. The van der Waals surface area contributed by atoms with Gasteiger partial charge in [-0.15, -0.1) is 0 Å². The summed E-state index contributed by atoms with van der Waals surface area (Å²) >= 11 is 0. The zero-order valence-corrected chi connectivity index (χ0v) is 11.4. The molecule has 0 bridgehead atoms. The topological polar surface area (TPSA) is 49.2 Å². The normalized spacial score (nSPS) is 25.3. The maximum Gasteiger partial charge on any atom is 0.0727 e. The van der Waals surface area contributed by atoms with Gasteiger partial charge in [0.25, 0.3) is 0 Å². The van der Waals surface area contributed by atoms with Crippen LogP contribution in [-0.4, -0.2) is 39.7 Å². The predicted molar refractivity (Wildman–Crippen MR) is 71.1 cm³/mol. The van der Waals surface area contributed by atoms with Crippen molar-refractivity contribution in [1.29, 1.82) is 0 Å². The monoisotopic (exact) mass is 249 g/mol. The number of aromatic nitrogens is 2. The van der Waals surface area contributed by atoms with Crippen molar-refractivity contribution in [2.75, 3.05) is 19.7 Å². The van der Waals surface area contributed by atoms with Crippen molar-refractivity contribution in [3.05, 3.63) is 23.8 Å². The van der Waals surface area contributed by atoms with Crippen LogP contribution in [0.25, 0.3) is 0 Å². The average molecular weight is 249 g/mol. The molecule has 0 saturated carbocycles. The summed E-state index contributed by atoms with van der Waals surface area (Å²) in [6.45, 7) is 7.32. The van der Waals surface area contributed by atoms with E-state index in [1.165, 1.54) is 0 Å². The zero-order chi connectivity index (χ0) is 13.0. The van der Waals surface area contributed by atoms with Crippen LogP contribution in [0.1, 0.15) is 37.6 Å². The van der Waals surface area contributed by atoms with Crippen LogP contribution >= 0.6 is 0 Å². The number of nitrogens with zero attached hydrogens (tertiary/aromatic N) is 3. The summed E-state index contributed by atoms with van der Waals surface area (Å²) in [6, 6.07) is 0. The fraction of sp³-hybridized carbons (Fsp3) is 0.714. The van der Waals surface area contributed by atoms with Gasteiger partial charge in [-0.25, -0.2) is 0 Å². The van der Waals surface area contributed by atoms with Crippen LogP contribution in [0.2, 0.25) is 0 Å². The van der Waals surface area contributed by atoms with Crippen LogP contribution in [0, 0.1) is 12.3 Å². The highest BCUT2D eigenvalue weighted by Gasteiger charge is 2.33. The van der Waals surface area contributed by atoms with Gasteiger partial charge in [0.2, 0.25) is 0 Å². The predicted octanol–water partition coefficient (Wildman–Crippen LogP) is 1.77. The number of aryl methyl sites for hydroxylation is 1. The van der Waals surface area contributed by atoms with Gasteiger partial charge in [-0.3, -0.25) is 14.9 Å². The summed E-state index contributed by atoms with van der Waals surface area (Å²) in [5, 5.41) is 9.61. The average Bonchev–Trinajstić information content (AvgIpc) is 2.41. The molecule has 1 saturated heterocycles. The molecular weight excluding hydrogens is 226 g/mol. The molecule has 1 N–H and O–H groups in total. The van der Waals surface area contributed by atoms with Gasteiger partial charge >= 0.3 is 0 Å². The van der Waals surface area contributed by atoms with Gasteiger partial charge < -0.3 is 5.11 Å². The lowest BCUT2D eigenvalue weighted by atomic mass is 9.78.